The Kier molecular flexibility index (Phi) is 6.58. The largest absolute Gasteiger partial charge is 0.480 e. The van der Waals surface area contributed by atoms with Gasteiger partial charge < -0.3 is 10.0 Å². The van der Waals surface area contributed by atoms with Crippen molar-refractivity contribution < 1.29 is 14.7 Å². The van der Waals surface area contributed by atoms with Gasteiger partial charge in [0.25, 0.3) is 0 Å². The number of thioether (sulfide) groups is 1. The Morgan fingerprint density at radius 1 is 1.35 bits per heavy atom. The van der Waals surface area contributed by atoms with Crippen molar-refractivity contribution in [1.82, 2.24) is 4.90 Å². The van der Waals surface area contributed by atoms with Crippen LogP contribution in [0.3, 0.4) is 0 Å². The van der Waals surface area contributed by atoms with E-state index in [1.807, 2.05) is 45.0 Å². The second-order valence-electron chi connectivity index (χ2n) is 4.73. The molecule has 110 valence electrons. The van der Waals surface area contributed by atoms with E-state index < -0.39 is 5.97 Å². The molecule has 0 aliphatic rings. The number of carboxylic acid groups (broad SMARTS) is 1. The molecule has 5 heteroatoms. The molecule has 1 rings (SSSR count). The number of hydrogen-bond donors (Lipinski definition) is 1. The minimum Gasteiger partial charge on any atom is -0.480 e. The summed E-state index contributed by atoms with van der Waals surface area (Å²) < 4.78 is 0. The van der Waals surface area contributed by atoms with Gasteiger partial charge in [-0.15, -0.1) is 11.8 Å². The maximum Gasteiger partial charge on any atom is 0.323 e. The number of nitrogens with zero attached hydrogens (tertiary/aromatic N) is 1. The quantitative estimate of drug-likeness (QED) is 0.786. The first-order chi connectivity index (χ1) is 9.45. The topological polar surface area (TPSA) is 57.6 Å². The van der Waals surface area contributed by atoms with Gasteiger partial charge in [-0.2, -0.15) is 0 Å². The molecule has 0 saturated carbocycles. The van der Waals surface area contributed by atoms with E-state index in [4.69, 9.17) is 5.11 Å². The average molecular weight is 295 g/mol. The predicted molar refractivity (Wildman–Crippen MR) is 81.0 cm³/mol. The lowest BCUT2D eigenvalue weighted by Gasteiger charge is -2.26. The Morgan fingerprint density at radius 2 is 2.00 bits per heavy atom. The predicted octanol–water partition coefficient (Wildman–Crippen LogP) is 2.80. The average Bonchev–Trinajstić information content (AvgIpc) is 2.42. The second kappa shape index (κ2) is 7.94. The smallest absolute Gasteiger partial charge is 0.323 e. The monoisotopic (exact) mass is 295 g/mol. The van der Waals surface area contributed by atoms with E-state index in [1.165, 1.54) is 16.7 Å². The summed E-state index contributed by atoms with van der Waals surface area (Å²) in [5.74, 6) is -0.836. The number of carbonyl (C=O) groups is 2. The van der Waals surface area contributed by atoms with E-state index in [9.17, 15) is 9.59 Å². The first-order valence-electron chi connectivity index (χ1n) is 6.65. The molecule has 0 aromatic heterocycles. The van der Waals surface area contributed by atoms with Crippen molar-refractivity contribution >= 4 is 23.6 Å². The normalized spacial score (nSPS) is 11.9. The minimum absolute atomic E-state index is 0.0592. The first kappa shape index (κ1) is 16.6. The van der Waals surface area contributed by atoms with Gasteiger partial charge in [0.2, 0.25) is 5.91 Å². The van der Waals surface area contributed by atoms with Crippen LogP contribution in [0.25, 0.3) is 0 Å². The number of amides is 1. The summed E-state index contributed by atoms with van der Waals surface area (Å²) in [6.07, 6.45) is 0.744. The van der Waals surface area contributed by atoms with E-state index >= 15 is 0 Å². The summed E-state index contributed by atoms with van der Waals surface area (Å²) in [6, 6.07) is 7.80. The van der Waals surface area contributed by atoms with Crippen molar-refractivity contribution in [2.45, 2.75) is 38.1 Å². The van der Waals surface area contributed by atoms with Gasteiger partial charge >= 0.3 is 5.97 Å². The number of benzene rings is 1. The third kappa shape index (κ3) is 4.89. The number of aliphatic carboxylic acids is 1. The SMILES string of the molecule is CCC(C)N(CC(=O)O)C(=O)CSc1ccccc1C. The van der Waals surface area contributed by atoms with E-state index in [-0.39, 0.29) is 24.2 Å². The summed E-state index contributed by atoms with van der Waals surface area (Å²) in [7, 11) is 0. The summed E-state index contributed by atoms with van der Waals surface area (Å²) in [6.45, 7) is 5.58. The number of rotatable bonds is 7. The Balaban J connectivity index is 2.67. The molecule has 0 radical (unpaired) electrons. The van der Waals surface area contributed by atoms with Crippen molar-refractivity contribution in [3.8, 4) is 0 Å². The van der Waals surface area contributed by atoms with Gasteiger partial charge in [-0.3, -0.25) is 9.59 Å². The third-order valence-electron chi connectivity index (χ3n) is 3.19. The molecule has 20 heavy (non-hydrogen) atoms. The lowest BCUT2D eigenvalue weighted by Crippen LogP contribution is -2.42. The highest BCUT2D eigenvalue weighted by Gasteiger charge is 2.21. The standard InChI is InChI=1S/C15H21NO3S/c1-4-12(3)16(9-15(18)19)14(17)10-20-13-8-6-5-7-11(13)2/h5-8,12H,4,9-10H2,1-3H3,(H,18,19). The molecule has 4 nitrogen and oxygen atoms in total. The fourth-order valence-electron chi connectivity index (χ4n) is 1.80. The van der Waals surface area contributed by atoms with Crippen molar-refractivity contribution in [3.63, 3.8) is 0 Å². The van der Waals surface area contributed by atoms with Crippen molar-refractivity contribution in [2.75, 3.05) is 12.3 Å². The van der Waals surface area contributed by atoms with E-state index in [2.05, 4.69) is 0 Å². The summed E-state index contributed by atoms with van der Waals surface area (Å²) in [4.78, 5) is 25.6. The number of hydrogen-bond acceptors (Lipinski definition) is 3. The van der Waals surface area contributed by atoms with Gasteiger partial charge in [0.05, 0.1) is 5.75 Å². The highest BCUT2D eigenvalue weighted by molar-refractivity contribution is 8.00. The molecule has 0 spiro atoms. The van der Waals surface area contributed by atoms with Gasteiger partial charge in [-0.1, -0.05) is 25.1 Å². The Morgan fingerprint density at radius 3 is 2.55 bits per heavy atom. The number of carboxylic acids is 1. The molecule has 1 amide bonds. The molecule has 1 aromatic rings. The van der Waals surface area contributed by atoms with Crippen LogP contribution in [0.15, 0.2) is 29.2 Å². The Hall–Kier alpha value is -1.49. The maximum atomic E-state index is 12.2. The van der Waals surface area contributed by atoms with Gasteiger partial charge in [0.1, 0.15) is 6.54 Å². The molecular formula is C15H21NO3S. The van der Waals surface area contributed by atoms with Crippen LogP contribution in [-0.4, -0.2) is 40.2 Å². The van der Waals surface area contributed by atoms with Crippen LogP contribution in [-0.2, 0) is 9.59 Å². The van der Waals surface area contributed by atoms with E-state index in [0.29, 0.717) is 0 Å². The molecule has 0 bridgehead atoms. The maximum absolute atomic E-state index is 12.2. The zero-order chi connectivity index (χ0) is 15.1. The molecule has 1 N–H and O–H groups in total. The van der Waals surface area contributed by atoms with Crippen molar-refractivity contribution in [2.24, 2.45) is 0 Å². The molecule has 0 heterocycles. The van der Waals surface area contributed by atoms with Crippen LogP contribution in [0.5, 0.6) is 0 Å². The molecule has 0 saturated heterocycles. The van der Waals surface area contributed by atoms with Crippen LogP contribution >= 0.6 is 11.8 Å². The van der Waals surface area contributed by atoms with Crippen LogP contribution in [0.4, 0.5) is 0 Å². The first-order valence-corrected chi connectivity index (χ1v) is 7.64. The molecule has 0 aliphatic heterocycles. The van der Waals surface area contributed by atoms with Crippen LogP contribution in [0.1, 0.15) is 25.8 Å². The molecule has 1 aromatic carbocycles. The van der Waals surface area contributed by atoms with Gasteiger partial charge in [0, 0.05) is 10.9 Å². The molecule has 0 aliphatic carbocycles. The number of aryl methyl sites for hydroxylation is 1. The Labute approximate surface area is 124 Å². The summed E-state index contributed by atoms with van der Waals surface area (Å²) in [5.41, 5.74) is 1.12. The summed E-state index contributed by atoms with van der Waals surface area (Å²) >= 11 is 1.45. The number of carbonyl (C=O) groups excluding carboxylic acids is 1. The zero-order valence-electron chi connectivity index (χ0n) is 12.1. The molecule has 1 atom stereocenters. The van der Waals surface area contributed by atoms with Crippen molar-refractivity contribution in [3.05, 3.63) is 29.8 Å². The lowest BCUT2D eigenvalue weighted by atomic mass is 10.2. The highest BCUT2D eigenvalue weighted by Crippen LogP contribution is 2.22. The zero-order valence-corrected chi connectivity index (χ0v) is 12.9. The van der Waals surface area contributed by atoms with Gasteiger partial charge in [-0.05, 0) is 31.9 Å². The van der Waals surface area contributed by atoms with E-state index in [1.54, 1.807) is 0 Å². The lowest BCUT2D eigenvalue weighted by molar-refractivity contribution is -0.144. The molecule has 0 fully saturated rings. The van der Waals surface area contributed by atoms with E-state index in [0.717, 1.165) is 16.9 Å². The minimum atomic E-state index is -0.973. The van der Waals surface area contributed by atoms with Crippen LogP contribution in [0, 0.1) is 6.92 Å². The highest BCUT2D eigenvalue weighted by atomic mass is 32.2. The molecule has 1 unspecified atom stereocenters. The summed E-state index contributed by atoms with van der Waals surface area (Å²) in [5, 5.41) is 8.91. The Bertz CT molecular complexity index is 476. The van der Waals surface area contributed by atoms with Gasteiger partial charge in [0.15, 0.2) is 0 Å². The second-order valence-corrected chi connectivity index (χ2v) is 5.74. The van der Waals surface area contributed by atoms with Crippen molar-refractivity contribution in [1.29, 1.82) is 0 Å². The van der Waals surface area contributed by atoms with Crippen LogP contribution < -0.4 is 0 Å². The van der Waals surface area contributed by atoms with Gasteiger partial charge in [-0.25, -0.2) is 0 Å². The fraction of sp³-hybridized carbons (Fsp3) is 0.467. The fourth-order valence-corrected chi connectivity index (χ4v) is 2.71. The van der Waals surface area contributed by atoms with Crippen LogP contribution in [0.2, 0.25) is 0 Å². The molecular weight excluding hydrogens is 274 g/mol. The third-order valence-corrected chi connectivity index (χ3v) is 4.35.